The van der Waals surface area contributed by atoms with Crippen molar-refractivity contribution in [2.75, 3.05) is 0 Å². The van der Waals surface area contributed by atoms with Crippen LogP contribution in [0.2, 0.25) is 0 Å². The number of non-ortho nitro benzene ring substituents is 1. The first-order chi connectivity index (χ1) is 13.5. The summed E-state index contributed by atoms with van der Waals surface area (Å²) in [5.74, 6) is -0.283. The van der Waals surface area contributed by atoms with E-state index in [-0.39, 0.29) is 18.0 Å². The highest BCUT2D eigenvalue weighted by atomic mass is 16.6. The van der Waals surface area contributed by atoms with Crippen LogP contribution in [-0.2, 0) is 11.2 Å². The van der Waals surface area contributed by atoms with Crippen molar-refractivity contribution in [3.05, 3.63) is 100 Å². The number of hydrogen-bond acceptors (Lipinski definition) is 4. The number of nitrogens with zero attached hydrogens (tertiary/aromatic N) is 2. The van der Waals surface area contributed by atoms with Crippen LogP contribution in [0.1, 0.15) is 18.1 Å². The van der Waals surface area contributed by atoms with Gasteiger partial charge in [-0.25, -0.2) is 5.43 Å². The van der Waals surface area contributed by atoms with E-state index in [2.05, 4.69) is 10.5 Å². The summed E-state index contributed by atoms with van der Waals surface area (Å²) in [4.78, 5) is 22.2. The summed E-state index contributed by atoms with van der Waals surface area (Å²) < 4.78 is 0. The van der Waals surface area contributed by atoms with Crippen molar-refractivity contribution in [2.24, 2.45) is 5.10 Å². The third-order valence-corrected chi connectivity index (χ3v) is 4.27. The molecule has 3 aromatic rings. The number of nitro benzene ring substituents is 1. The molecular formula is C22H19N3O3. The number of benzene rings is 3. The summed E-state index contributed by atoms with van der Waals surface area (Å²) in [6.07, 6.45) is 0.0989. The molecule has 0 radical (unpaired) electrons. The minimum absolute atomic E-state index is 0.00280. The van der Waals surface area contributed by atoms with Crippen molar-refractivity contribution in [1.29, 1.82) is 0 Å². The molecule has 0 unspecified atom stereocenters. The fourth-order valence-corrected chi connectivity index (χ4v) is 2.71. The van der Waals surface area contributed by atoms with Gasteiger partial charge in [-0.3, -0.25) is 14.9 Å². The molecule has 0 fully saturated rings. The second-order valence-electron chi connectivity index (χ2n) is 6.28. The standard InChI is InChI=1S/C22H19N3O3/c1-16(18-9-11-20(12-10-18)19-5-3-2-4-6-19)23-24-22(26)15-17-7-13-21(14-8-17)25(27)28/h2-14H,15H2,1H3,(H,24,26)/b23-16-. The topological polar surface area (TPSA) is 84.6 Å². The van der Waals surface area contributed by atoms with E-state index in [1.54, 1.807) is 12.1 Å². The number of hydrazone groups is 1. The second-order valence-corrected chi connectivity index (χ2v) is 6.28. The largest absolute Gasteiger partial charge is 0.273 e. The lowest BCUT2D eigenvalue weighted by Gasteiger charge is -2.05. The Morgan fingerprint density at radius 3 is 2.14 bits per heavy atom. The molecule has 1 N–H and O–H groups in total. The fourth-order valence-electron chi connectivity index (χ4n) is 2.71. The van der Waals surface area contributed by atoms with Crippen molar-refractivity contribution < 1.29 is 9.72 Å². The van der Waals surface area contributed by atoms with Gasteiger partial charge in [0, 0.05) is 12.1 Å². The Hall–Kier alpha value is -3.80. The number of amides is 1. The van der Waals surface area contributed by atoms with Crippen LogP contribution in [0.5, 0.6) is 0 Å². The summed E-state index contributed by atoms with van der Waals surface area (Å²) in [7, 11) is 0. The van der Waals surface area contributed by atoms with Gasteiger partial charge in [-0.1, -0.05) is 66.7 Å². The van der Waals surface area contributed by atoms with Gasteiger partial charge in [0.25, 0.3) is 5.69 Å². The predicted octanol–water partition coefficient (Wildman–Crippen LogP) is 4.34. The summed E-state index contributed by atoms with van der Waals surface area (Å²) in [5.41, 5.74) is 7.06. The zero-order chi connectivity index (χ0) is 19.9. The number of hydrogen-bond donors (Lipinski definition) is 1. The van der Waals surface area contributed by atoms with Gasteiger partial charge in [0.05, 0.1) is 17.1 Å². The molecule has 0 aromatic heterocycles. The van der Waals surface area contributed by atoms with E-state index < -0.39 is 4.92 Å². The van der Waals surface area contributed by atoms with E-state index in [0.717, 1.165) is 16.7 Å². The molecule has 1 amide bonds. The molecule has 0 saturated carbocycles. The number of carbonyl (C=O) groups is 1. The molecule has 0 heterocycles. The summed E-state index contributed by atoms with van der Waals surface area (Å²) >= 11 is 0. The molecule has 3 rings (SSSR count). The Balaban J connectivity index is 1.60. The van der Waals surface area contributed by atoms with Gasteiger partial charge >= 0.3 is 0 Å². The Bertz CT molecular complexity index is 995. The Labute approximate surface area is 162 Å². The average Bonchev–Trinajstić information content (AvgIpc) is 2.73. The van der Waals surface area contributed by atoms with Crippen LogP contribution in [-0.4, -0.2) is 16.5 Å². The highest BCUT2D eigenvalue weighted by molar-refractivity contribution is 5.99. The lowest BCUT2D eigenvalue weighted by molar-refractivity contribution is -0.384. The van der Waals surface area contributed by atoms with Crippen LogP contribution in [0.15, 0.2) is 84.0 Å². The molecule has 0 spiro atoms. The third-order valence-electron chi connectivity index (χ3n) is 4.27. The summed E-state index contributed by atoms with van der Waals surface area (Å²) in [6.45, 7) is 1.82. The summed E-state index contributed by atoms with van der Waals surface area (Å²) in [5, 5.41) is 14.8. The molecule has 0 saturated heterocycles. The van der Waals surface area contributed by atoms with Gasteiger partial charge in [-0.05, 0) is 29.2 Å². The monoisotopic (exact) mass is 373 g/mol. The quantitative estimate of drug-likeness (QED) is 0.396. The second kappa shape index (κ2) is 8.73. The lowest BCUT2D eigenvalue weighted by Crippen LogP contribution is -2.21. The highest BCUT2D eigenvalue weighted by Crippen LogP contribution is 2.19. The average molecular weight is 373 g/mol. The molecule has 0 bridgehead atoms. The van der Waals surface area contributed by atoms with E-state index >= 15 is 0 Å². The number of rotatable bonds is 6. The summed E-state index contributed by atoms with van der Waals surface area (Å²) in [6, 6.07) is 23.9. The van der Waals surface area contributed by atoms with Crippen molar-refractivity contribution >= 4 is 17.3 Å². The van der Waals surface area contributed by atoms with Gasteiger partial charge < -0.3 is 0 Å². The van der Waals surface area contributed by atoms with E-state index in [9.17, 15) is 14.9 Å². The highest BCUT2D eigenvalue weighted by Gasteiger charge is 2.07. The lowest BCUT2D eigenvalue weighted by atomic mass is 10.0. The van der Waals surface area contributed by atoms with Crippen LogP contribution in [0.3, 0.4) is 0 Å². The van der Waals surface area contributed by atoms with Crippen molar-refractivity contribution in [3.63, 3.8) is 0 Å². The first-order valence-electron chi connectivity index (χ1n) is 8.75. The fraction of sp³-hybridized carbons (Fsp3) is 0.0909. The molecule has 0 atom stereocenters. The van der Waals surface area contributed by atoms with E-state index in [1.165, 1.54) is 12.1 Å². The smallest absolute Gasteiger partial charge is 0.269 e. The van der Waals surface area contributed by atoms with Crippen molar-refractivity contribution in [3.8, 4) is 11.1 Å². The Morgan fingerprint density at radius 1 is 0.929 bits per heavy atom. The van der Waals surface area contributed by atoms with Gasteiger partial charge in [-0.15, -0.1) is 0 Å². The zero-order valence-corrected chi connectivity index (χ0v) is 15.3. The van der Waals surface area contributed by atoms with Crippen LogP contribution in [0, 0.1) is 10.1 Å². The van der Waals surface area contributed by atoms with E-state index in [0.29, 0.717) is 11.3 Å². The van der Waals surface area contributed by atoms with Gasteiger partial charge in [0.2, 0.25) is 5.91 Å². The van der Waals surface area contributed by atoms with Crippen molar-refractivity contribution in [1.82, 2.24) is 5.43 Å². The first-order valence-corrected chi connectivity index (χ1v) is 8.75. The molecular weight excluding hydrogens is 354 g/mol. The molecule has 0 aliphatic heterocycles. The van der Waals surface area contributed by atoms with Gasteiger partial charge in [-0.2, -0.15) is 5.10 Å². The van der Waals surface area contributed by atoms with E-state index in [1.807, 2.05) is 61.5 Å². The van der Waals surface area contributed by atoms with Gasteiger partial charge in [0.1, 0.15) is 0 Å². The minimum atomic E-state index is -0.472. The molecule has 28 heavy (non-hydrogen) atoms. The van der Waals surface area contributed by atoms with Crippen LogP contribution >= 0.6 is 0 Å². The maximum Gasteiger partial charge on any atom is 0.269 e. The van der Waals surface area contributed by atoms with Crippen molar-refractivity contribution in [2.45, 2.75) is 13.3 Å². The third kappa shape index (κ3) is 4.88. The maximum atomic E-state index is 12.1. The normalized spacial score (nSPS) is 11.1. The molecule has 140 valence electrons. The van der Waals surface area contributed by atoms with Gasteiger partial charge in [0.15, 0.2) is 0 Å². The number of nitrogens with one attached hydrogen (secondary N) is 1. The first kappa shape index (κ1) is 19.0. The number of carbonyl (C=O) groups excluding carboxylic acids is 1. The molecule has 0 aliphatic rings. The maximum absolute atomic E-state index is 12.1. The molecule has 6 heteroatoms. The Morgan fingerprint density at radius 2 is 1.54 bits per heavy atom. The van der Waals surface area contributed by atoms with E-state index in [4.69, 9.17) is 0 Å². The van der Waals surface area contributed by atoms with Crippen LogP contribution < -0.4 is 5.43 Å². The predicted molar refractivity (Wildman–Crippen MR) is 109 cm³/mol. The zero-order valence-electron chi connectivity index (χ0n) is 15.3. The SMILES string of the molecule is C/C(=N/NC(=O)Cc1ccc([N+](=O)[O-])cc1)c1ccc(-c2ccccc2)cc1. The minimum Gasteiger partial charge on any atom is -0.273 e. The van der Waals surface area contributed by atoms with Crippen LogP contribution in [0.25, 0.3) is 11.1 Å². The molecule has 3 aromatic carbocycles. The molecule has 0 aliphatic carbocycles. The van der Waals surface area contributed by atoms with Crippen LogP contribution in [0.4, 0.5) is 5.69 Å². The number of nitro groups is 1. The Kier molecular flexibility index (Phi) is 5.91. The molecule has 6 nitrogen and oxygen atoms in total.